The van der Waals surface area contributed by atoms with Gasteiger partial charge in [0.15, 0.2) is 5.78 Å². The molecular weight excluding hydrogens is 272 g/mol. The molecule has 0 fully saturated rings. The van der Waals surface area contributed by atoms with Crippen LogP contribution in [0, 0.1) is 0 Å². The van der Waals surface area contributed by atoms with Crippen molar-refractivity contribution in [2.24, 2.45) is 0 Å². The first kappa shape index (κ1) is 12.8. The molecule has 0 aliphatic heterocycles. The molecule has 3 heteroatoms. The number of benzene rings is 1. The zero-order valence-corrected chi connectivity index (χ0v) is 11.5. The van der Waals surface area contributed by atoms with Crippen molar-refractivity contribution in [2.75, 3.05) is 5.75 Å². The summed E-state index contributed by atoms with van der Waals surface area (Å²) in [5.41, 5.74) is 0.833. The predicted octanol–water partition coefficient (Wildman–Crippen LogP) is 4.54. The van der Waals surface area contributed by atoms with Crippen LogP contribution in [0.2, 0.25) is 0 Å². The molecule has 0 atom stereocenters. The van der Waals surface area contributed by atoms with Crippen LogP contribution in [-0.4, -0.2) is 11.5 Å². The average Bonchev–Trinajstić information content (AvgIpc) is 2.18. The Morgan fingerprint density at radius 2 is 2.20 bits per heavy atom. The third-order valence-corrected chi connectivity index (χ3v) is 3.71. The number of hydrogen-bond donors (Lipinski definition) is 0. The maximum atomic E-state index is 11.4. The average molecular weight is 287 g/mol. The van der Waals surface area contributed by atoms with Gasteiger partial charge in [-0.15, -0.1) is 11.8 Å². The summed E-state index contributed by atoms with van der Waals surface area (Å²) < 4.78 is 1.03. The predicted molar refractivity (Wildman–Crippen MR) is 69.8 cm³/mol. The lowest BCUT2D eigenvalue weighted by molar-refractivity contribution is 0.101. The molecule has 0 unspecified atom stereocenters. The maximum absolute atomic E-state index is 11.4. The molecule has 82 valence electrons. The fourth-order valence-corrected chi connectivity index (χ4v) is 2.98. The first-order chi connectivity index (χ1) is 7.15. The van der Waals surface area contributed by atoms with Gasteiger partial charge in [-0.25, -0.2) is 0 Å². The normalized spacial score (nSPS) is 10.3. The van der Waals surface area contributed by atoms with Gasteiger partial charge in [-0.3, -0.25) is 4.79 Å². The monoisotopic (exact) mass is 286 g/mol. The Hall–Kier alpha value is -0.280. The van der Waals surface area contributed by atoms with E-state index in [2.05, 4.69) is 22.9 Å². The van der Waals surface area contributed by atoms with Crippen LogP contribution < -0.4 is 0 Å². The van der Waals surface area contributed by atoms with Gasteiger partial charge in [0, 0.05) is 14.9 Å². The lowest BCUT2D eigenvalue weighted by Crippen LogP contribution is -1.95. The summed E-state index contributed by atoms with van der Waals surface area (Å²) in [7, 11) is 0. The molecule has 1 rings (SSSR count). The molecule has 0 bridgehead atoms. The molecule has 0 saturated carbocycles. The fourth-order valence-electron chi connectivity index (χ4n) is 1.23. The second kappa shape index (κ2) is 6.33. The van der Waals surface area contributed by atoms with Crippen molar-refractivity contribution < 1.29 is 4.79 Å². The summed E-state index contributed by atoms with van der Waals surface area (Å²) >= 11 is 5.19. The van der Waals surface area contributed by atoms with E-state index < -0.39 is 0 Å². The molecule has 0 radical (unpaired) electrons. The number of carbonyl (C=O) groups excluding carboxylic acids is 1. The van der Waals surface area contributed by atoms with Gasteiger partial charge in [0.2, 0.25) is 0 Å². The van der Waals surface area contributed by atoms with Crippen LogP contribution in [0.4, 0.5) is 0 Å². The smallest absolute Gasteiger partial charge is 0.160 e. The molecule has 1 aromatic rings. The van der Waals surface area contributed by atoms with Gasteiger partial charge in [-0.05, 0) is 37.3 Å². The number of thioether (sulfide) groups is 1. The standard InChI is InChI=1S/C12H15BrOS/c1-3-4-7-15-12-8-10(13)5-6-11(12)9(2)14/h5-6,8H,3-4,7H2,1-2H3. The van der Waals surface area contributed by atoms with Gasteiger partial charge in [-0.2, -0.15) is 0 Å². The van der Waals surface area contributed by atoms with Crippen LogP contribution in [0.1, 0.15) is 37.0 Å². The van der Waals surface area contributed by atoms with Gasteiger partial charge in [0.25, 0.3) is 0 Å². The van der Waals surface area contributed by atoms with Crippen molar-refractivity contribution in [3.63, 3.8) is 0 Å². The highest BCUT2D eigenvalue weighted by Gasteiger charge is 2.07. The van der Waals surface area contributed by atoms with E-state index >= 15 is 0 Å². The van der Waals surface area contributed by atoms with Crippen LogP contribution >= 0.6 is 27.7 Å². The first-order valence-corrected chi connectivity index (χ1v) is 6.86. The SMILES string of the molecule is CCCCSc1cc(Br)ccc1C(C)=O. The van der Waals surface area contributed by atoms with E-state index in [1.165, 1.54) is 12.8 Å². The van der Waals surface area contributed by atoms with Crippen LogP contribution in [-0.2, 0) is 0 Å². The van der Waals surface area contributed by atoms with E-state index in [4.69, 9.17) is 0 Å². The third-order valence-electron chi connectivity index (χ3n) is 2.08. The zero-order chi connectivity index (χ0) is 11.3. The summed E-state index contributed by atoms with van der Waals surface area (Å²) in [6.45, 7) is 3.79. The quantitative estimate of drug-likeness (QED) is 0.449. The maximum Gasteiger partial charge on any atom is 0.160 e. The Morgan fingerprint density at radius 1 is 1.47 bits per heavy atom. The van der Waals surface area contributed by atoms with Gasteiger partial charge >= 0.3 is 0 Å². The van der Waals surface area contributed by atoms with Crippen molar-refractivity contribution >= 4 is 33.5 Å². The van der Waals surface area contributed by atoms with Crippen LogP contribution in [0.25, 0.3) is 0 Å². The second-order valence-corrected chi connectivity index (χ2v) is 5.45. The van der Waals surface area contributed by atoms with Gasteiger partial charge in [0.05, 0.1) is 0 Å². The number of rotatable bonds is 5. The highest BCUT2D eigenvalue weighted by molar-refractivity contribution is 9.10. The summed E-state index contributed by atoms with van der Waals surface area (Å²) in [4.78, 5) is 12.5. The number of ketones is 1. The Kier molecular flexibility index (Phi) is 5.40. The molecule has 0 N–H and O–H groups in total. The Labute approximate surface area is 104 Å². The summed E-state index contributed by atoms with van der Waals surface area (Å²) in [5.74, 6) is 1.22. The molecule has 0 spiro atoms. The highest BCUT2D eigenvalue weighted by Crippen LogP contribution is 2.27. The highest BCUT2D eigenvalue weighted by atomic mass is 79.9. The number of halogens is 1. The molecular formula is C12H15BrOS. The number of hydrogen-bond acceptors (Lipinski definition) is 2. The van der Waals surface area contributed by atoms with Crippen molar-refractivity contribution in [1.29, 1.82) is 0 Å². The first-order valence-electron chi connectivity index (χ1n) is 5.08. The number of carbonyl (C=O) groups is 1. The second-order valence-electron chi connectivity index (χ2n) is 3.40. The lowest BCUT2D eigenvalue weighted by Gasteiger charge is -2.06. The van der Waals surface area contributed by atoms with E-state index in [9.17, 15) is 4.79 Å². The molecule has 15 heavy (non-hydrogen) atoms. The third kappa shape index (κ3) is 3.99. The van der Waals surface area contributed by atoms with E-state index in [0.717, 1.165) is 20.7 Å². The minimum absolute atomic E-state index is 0.140. The van der Waals surface area contributed by atoms with E-state index in [1.54, 1.807) is 18.7 Å². The minimum Gasteiger partial charge on any atom is -0.294 e. The number of unbranched alkanes of at least 4 members (excludes halogenated alkanes) is 1. The Bertz CT molecular complexity index is 349. The van der Waals surface area contributed by atoms with Crippen LogP contribution in [0.5, 0.6) is 0 Å². The topological polar surface area (TPSA) is 17.1 Å². The van der Waals surface area contributed by atoms with Gasteiger partial charge in [-0.1, -0.05) is 29.3 Å². The molecule has 0 aliphatic rings. The van der Waals surface area contributed by atoms with Crippen molar-refractivity contribution in [3.05, 3.63) is 28.2 Å². The molecule has 0 aromatic heterocycles. The summed E-state index contributed by atoms with van der Waals surface area (Å²) in [5, 5.41) is 0. The molecule has 0 saturated heterocycles. The van der Waals surface area contributed by atoms with Gasteiger partial charge in [0.1, 0.15) is 0 Å². The molecule has 1 aromatic carbocycles. The van der Waals surface area contributed by atoms with Crippen LogP contribution in [0.3, 0.4) is 0 Å². The minimum atomic E-state index is 0.140. The molecule has 1 nitrogen and oxygen atoms in total. The van der Waals surface area contributed by atoms with Gasteiger partial charge < -0.3 is 0 Å². The van der Waals surface area contributed by atoms with E-state index in [0.29, 0.717) is 0 Å². The number of Topliss-reactive ketones (excluding diaryl/α,β-unsaturated/α-hetero) is 1. The van der Waals surface area contributed by atoms with E-state index in [1.807, 2.05) is 18.2 Å². The Morgan fingerprint density at radius 3 is 2.80 bits per heavy atom. The molecule has 0 aliphatic carbocycles. The van der Waals surface area contributed by atoms with Crippen LogP contribution in [0.15, 0.2) is 27.6 Å². The van der Waals surface area contributed by atoms with E-state index in [-0.39, 0.29) is 5.78 Å². The largest absolute Gasteiger partial charge is 0.294 e. The Balaban J connectivity index is 2.82. The molecule has 0 amide bonds. The summed E-state index contributed by atoms with van der Waals surface area (Å²) in [6.07, 6.45) is 2.38. The molecule has 0 heterocycles. The van der Waals surface area contributed by atoms with Crippen molar-refractivity contribution in [1.82, 2.24) is 0 Å². The fraction of sp³-hybridized carbons (Fsp3) is 0.417. The van der Waals surface area contributed by atoms with Crippen molar-refractivity contribution in [2.45, 2.75) is 31.6 Å². The summed E-state index contributed by atoms with van der Waals surface area (Å²) in [6, 6.07) is 5.83. The van der Waals surface area contributed by atoms with Crippen molar-refractivity contribution in [3.8, 4) is 0 Å². The lowest BCUT2D eigenvalue weighted by atomic mass is 10.1. The zero-order valence-electron chi connectivity index (χ0n) is 9.05.